The Hall–Kier alpha value is -0.630. The minimum Gasteiger partial charge on any atom is -0.487 e. The predicted molar refractivity (Wildman–Crippen MR) is 56.6 cm³/mol. The van der Waals surface area contributed by atoms with Gasteiger partial charge in [-0.2, -0.15) is 0 Å². The molecule has 0 saturated carbocycles. The van der Waals surface area contributed by atoms with Crippen molar-refractivity contribution in [3.63, 3.8) is 0 Å². The molecule has 0 aromatic heterocycles. The Kier molecular flexibility index (Phi) is 2.03. The molecule has 0 bridgehead atoms. The third-order valence-corrected chi connectivity index (χ3v) is 3.12. The highest BCUT2D eigenvalue weighted by Gasteiger charge is 2.31. The van der Waals surface area contributed by atoms with Crippen LogP contribution in [0, 0.1) is 0 Å². The summed E-state index contributed by atoms with van der Waals surface area (Å²) in [5.41, 5.74) is 1.36. The molecule has 0 spiro atoms. The van der Waals surface area contributed by atoms with Crippen LogP contribution in [-0.2, 0) is 6.42 Å². The summed E-state index contributed by atoms with van der Waals surface area (Å²) in [6.07, 6.45) is 3.14. The van der Waals surface area contributed by atoms with Gasteiger partial charge in [0.25, 0.3) is 0 Å². The number of hydrogen-bond acceptors (Lipinski definition) is 2. The van der Waals surface area contributed by atoms with Crippen LogP contribution in [0.25, 0.3) is 0 Å². The summed E-state index contributed by atoms with van der Waals surface area (Å²) in [6.45, 7) is 4.27. The zero-order valence-corrected chi connectivity index (χ0v) is 9.07. The van der Waals surface area contributed by atoms with Gasteiger partial charge in [-0.05, 0) is 32.2 Å². The van der Waals surface area contributed by atoms with E-state index in [9.17, 15) is 0 Å². The molecular weight excluding hydrogens is 180 g/mol. The summed E-state index contributed by atoms with van der Waals surface area (Å²) in [4.78, 5) is 1.35. The van der Waals surface area contributed by atoms with Crippen LogP contribution in [0.1, 0.15) is 19.4 Å². The summed E-state index contributed by atoms with van der Waals surface area (Å²) >= 11 is 1.79. The molecule has 13 heavy (non-hydrogen) atoms. The average Bonchev–Trinajstić information content (AvgIpc) is 2.37. The Bertz CT molecular complexity index is 331. The number of hydrogen-bond donors (Lipinski definition) is 0. The number of benzene rings is 1. The largest absolute Gasteiger partial charge is 0.487 e. The highest BCUT2D eigenvalue weighted by Crippen LogP contribution is 2.39. The molecule has 1 nitrogen and oxygen atoms in total. The third-order valence-electron chi connectivity index (χ3n) is 2.30. The number of ether oxygens (including phenoxy) is 1. The Morgan fingerprint density at radius 3 is 2.85 bits per heavy atom. The SMILES string of the molecule is CSc1cccc2c1CC(C)(C)O2. The average molecular weight is 194 g/mol. The van der Waals surface area contributed by atoms with Gasteiger partial charge in [-0.25, -0.2) is 0 Å². The van der Waals surface area contributed by atoms with E-state index in [1.54, 1.807) is 11.8 Å². The van der Waals surface area contributed by atoms with Gasteiger partial charge < -0.3 is 4.74 Å². The van der Waals surface area contributed by atoms with Crippen LogP contribution < -0.4 is 4.74 Å². The maximum atomic E-state index is 5.82. The molecule has 2 heteroatoms. The quantitative estimate of drug-likeness (QED) is 0.635. The van der Waals surface area contributed by atoms with Crippen molar-refractivity contribution in [2.75, 3.05) is 6.26 Å². The first-order chi connectivity index (χ1) is 6.12. The fraction of sp³-hybridized carbons (Fsp3) is 0.455. The van der Waals surface area contributed by atoms with E-state index in [1.165, 1.54) is 10.5 Å². The lowest BCUT2D eigenvalue weighted by molar-refractivity contribution is 0.138. The molecule has 0 unspecified atom stereocenters. The molecule has 2 rings (SSSR count). The van der Waals surface area contributed by atoms with E-state index in [0.717, 1.165) is 12.2 Å². The van der Waals surface area contributed by atoms with Gasteiger partial charge in [-0.15, -0.1) is 11.8 Å². The van der Waals surface area contributed by atoms with Crippen molar-refractivity contribution in [3.8, 4) is 5.75 Å². The van der Waals surface area contributed by atoms with E-state index < -0.39 is 0 Å². The van der Waals surface area contributed by atoms with Gasteiger partial charge in [0.1, 0.15) is 11.4 Å². The molecule has 0 amide bonds. The first-order valence-electron chi connectivity index (χ1n) is 4.47. The number of thioether (sulfide) groups is 1. The molecule has 1 aromatic rings. The monoisotopic (exact) mass is 194 g/mol. The Labute approximate surface area is 83.5 Å². The van der Waals surface area contributed by atoms with E-state index in [0.29, 0.717) is 0 Å². The smallest absolute Gasteiger partial charge is 0.124 e. The normalized spacial score (nSPS) is 18.1. The molecule has 0 N–H and O–H groups in total. The molecule has 0 saturated heterocycles. The van der Waals surface area contributed by atoms with Gasteiger partial charge in [-0.1, -0.05) is 6.07 Å². The highest BCUT2D eigenvalue weighted by atomic mass is 32.2. The van der Waals surface area contributed by atoms with Crippen molar-refractivity contribution < 1.29 is 4.74 Å². The molecular formula is C11H14OS. The summed E-state index contributed by atoms with van der Waals surface area (Å²) in [5.74, 6) is 1.07. The van der Waals surface area contributed by atoms with E-state index in [4.69, 9.17) is 4.74 Å². The lowest BCUT2D eigenvalue weighted by Crippen LogP contribution is -2.24. The molecule has 0 radical (unpaired) electrons. The fourth-order valence-corrected chi connectivity index (χ4v) is 2.40. The Morgan fingerprint density at radius 1 is 1.38 bits per heavy atom. The van der Waals surface area contributed by atoms with Gasteiger partial charge in [0.05, 0.1) is 0 Å². The van der Waals surface area contributed by atoms with E-state index in [1.807, 2.05) is 0 Å². The molecule has 0 fully saturated rings. The first-order valence-corrected chi connectivity index (χ1v) is 5.70. The standard InChI is InChI=1S/C11H14OS/c1-11(2)7-8-9(12-11)5-4-6-10(8)13-3/h4-6H,7H2,1-3H3. The molecule has 1 heterocycles. The number of fused-ring (bicyclic) bond motifs is 1. The topological polar surface area (TPSA) is 9.23 Å². The van der Waals surface area contributed by atoms with Crippen molar-refractivity contribution in [2.24, 2.45) is 0 Å². The minimum atomic E-state index is -0.0197. The van der Waals surface area contributed by atoms with Crippen LogP contribution in [-0.4, -0.2) is 11.9 Å². The van der Waals surface area contributed by atoms with E-state index in [-0.39, 0.29) is 5.60 Å². The maximum Gasteiger partial charge on any atom is 0.124 e. The van der Waals surface area contributed by atoms with E-state index >= 15 is 0 Å². The zero-order valence-electron chi connectivity index (χ0n) is 8.26. The first kappa shape index (κ1) is 8.95. The van der Waals surface area contributed by atoms with Gasteiger partial charge in [0.15, 0.2) is 0 Å². The predicted octanol–water partition coefficient (Wildman–Crippen LogP) is 3.12. The second-order valence-electron chi connectivity index (χ2n) is 3.98. The highest BCUT2D eigenvalue weighted by molar-refractivity contribution is 7.98. The fourth-order valence-electron chi connectivity index (χ4n) is 1.77. The maximum absolute atomic E-state index is 5.82. The van der Waals surface area contributed by atoms with Crippen molar-refractivity contribution in [2.45, 2.75) is 30.8 Å². The van der Waals surface area contributed by atoms with Gasteiger partial charge in [0, 0.05) is 16.9 Å². The van der Waals surface area contributed by atoms with E-state index in [2.05, 4.69) is 38.3 Å². The van der Waals surface area contributed by atoms with Crippen molar-refractivity contribution in [1.29, 1.82) is 0 Å². The van der Waals surface area contributed by atoms with Crippen LogP contribution in [0.5, 0.6) is 5.75 Å². The lowest BCUT2D eigenvalue weighted by atomic mass is 10.0. The van der Waals surface area contributed by atoms with Crippen molar-refractivity contribution >= 4 is 11.8 Å². The molecule has 70 valence electrons. The molecule has 0 aliphatic carbocycles. The Morgan fingerprint density at radius 2 is 2.15 bits per heavy atom. The van der Waals surface area contributed by atoms with Crippen LogP contribution in [0.2, 0.25) is 0 Å². The molecule has 1 aromatic carbocycles. The lowest BCUT2D eigenvalue weighted by Gasteiger charge is -2.16. The van der Waals surface area contributed by atoms with Crippen LogP contribution in [0.3, 0.4) is 0 Å². The second-order valence-corrected chi connectivity index (χ2v) is 4.82. The molecule has 1 aliphatic heterocycles. The van der Waals surface area contributed by atoms with Crippen LogP contribution in [0.15, 0.2) is 23.1 Å². The molecule has 0 atom stereocenters. The second kappa shape index (κ2) is 2.95. The van der Waals surface area contributed by atoms with Gasteiger partial charge in [-0.3, -0.25) is 0 Å². The van der Waals surface area contributed by atoms with Crippen molar-refractivity contribution in [3.05, 3.63) is 23.8 Å². The third kappa shape index (κ3) is 1.55. The molecule has 1 aliphatic rings. The zero-order chi connectivity index (χ0) is 9.47. The minimum absolute atomic E-state index is 0.0197. The summed E-state index contributed by atoms with van der Waals surface area (Å²) < 4.78 is 5.82. The van der Waals surface area contributed by atoms with Gasteiger partial charge in [0.2, 0.25) is 0 Å². The Balaban J connectivity index is 2.45. The van der Waals surface area contributed by atoms with Gasteiger partial charge >= 0.3 is 0 Å². The van der Waals surface area contributed by atoms with Crippen LogP contribution >= 0.6 is 11.8 Å². The number of rotatable bonds is 1. The summed E-state index contributed by atoms with van der Waals surface area (Å²) in [7, 11) is 0. The van der Waals surface area contributed by atoms with Crippen molar-refractivity contribution in [1.82, 2.24) is 0 Å². The summed E-state index contributed by atoms with van der Waals surface area (Å²) in [5, 5.41) is 0. The summed E-state index contributed by atoms with van der Waals surface area (Å²) in [6, 6.07) is 6.28. The van der Waals surface area contributed by atoms with Crippen LogP contribution in [0.4, 0.5) is 0 Å².